The Hall–Kier alpha value is -1.38. The number of nitrogens with two attached hydrogens (primary N) is 1. The van der Waals surface area contributed by atoms with E-state index in [0.29, 0.717) is 6.42 Å². The molecule has 0 aliphatic heterocycles. The van der Waals surface area contributed by atoms with E-state index in [9.17, 15) is 4.39 Å². The molecule has 3 heteroatoms. The Kier molecular flexibility index (Phi) is 3.53. The SMILES string of the molecule is NC1(Cc2ccc(Cl)c(F)c2)CCCc2ccccc21. The summed E-state index contributed by atoms with van der Waals surface area (Å²) < 4.78 is 13.6. The van der Waals surface area contributed by atoms with Crippen LogP contribution in [-0.2, 0) is 18.4 Å². The molecule has 3 rings (SSSR count). The van der Waals surface area contributed by atoms with Crippen LogP contribution in [0.4, 0.5) is 4.39 Å². The summed E-state index contributed by atoms with van der Waals surface area (Å²) in [6.45, 7) is 0. The third kappa shape index (κ3) is 2.46. The van der Waals surface area contributed by atoms with Gasteiger partial charge < -0.3 is 5.73 Å². The zero-order valence-corrected chi connectivity index (χ0v) is 12.0. The van der Waals surface area contributed by atoms with Crippen molar-refractivity contribution < 1.29 is 4.39 Å². The van der Waals surface area contributed by atoms with Gasteiger partial charge in [0.2, 0.25) is 0 Å². The average Bonchev–Trinajstić information content (AvgIpc) is 2.43. The molecule has 0 radical (unpaired) electrons. The molecule has 0 aromatic heterocycles. The summed E-state index contributed by atoms with van der Waals surface area (Å²) in [6.07, 6.45) is 3.71. The largest absolute Gasteiger partial charge is 0.321 e. The molecule has 0 saturated carbocycles. The quantitative estimate of drug-likeness (QED) is 0.880. The molecule has 0 spiro atoms. The fourth-order valence-corrected chi connectivity index (χ4v) is 3.27. The predicted molar refractivity (Wildman–Crippen MR) is 80.4 cm³/mol. The van der Waals surface area contributed by atoms with Gasteiger partial charge >= 0.3 is 0 Å². The Labute approximate surface area is 123 Å². The van der Waals surface area contributed by atoms with Gasteiger partial charge in [-0.25, -0.2) is 4.39 Å². The molecule has 20 heavy (non-hydrogen) atoms. The normalized spacial score (nSPS) is 21.6. The van der Waals surface area contributed by atoms with Gasteiger partial charge in [0, 0.05) is 5.54 Å². The highest BCUT2D eigenvalue weighted by Crippen LogP contribution is 2.36. The topological polar surface area (TPSA) is 26.0 Å². The van der Waals surface area contributed by atoms with Gasteiger partial charge in [0.1, 0.15) is 5.82 Å². The van der Waals surface area contributed by atoms with Crippen LogP contribution >= 0.6 is 11.6 Å². The number of hydrogen-bond acceptors (Lipinski definition) is 1. The minimum atomic E-state index is -0.408. The maximum atomic E-state index is 13.6. The second-order valence-electron chi connectivity index (χ2n) is 5.59. The monoisotopic (exact) mass is 289 g/mol. The van der Waals surface area contributed by atoms with E-state index in [1.807, 2.05) is 18.2 Å². The van der Waals surface area contributed by atoms with Crippen LogP contribution < -0.4 is 5.73 Å². The Morgan fingerprint density at radius 2 is 2.00 bits per heavy atom. The Balaban J connectivity index is 1.95. The molecule has 0 saturated heterocycles. The molecular weight excluding hydrogens is 273 g/mol. The average molecular weight is 290 g/mol. The Bertz CT molecular complexity index is 641. The van der Waals surface area contributed by atoms with Crippen LogP contribution in [0.25, 0.3) is 0 Å². The van der Waals surface area contributed by atoms with Crippen LogP contribution in [0.2, 0.25) is 5.02 Å². The molecule has 2 N–H and O–H groups in total. The lowest BCUT2D eigenvalue weighted by molar-refractivity contribution is 0.369. The smallest absolute Gasteiger partial charge is 0.142 e. The summed E-state index contributed by atoms with van der Waals surface area (Å²) in [7, 11) is 0. The number of halogens is 2. The zero-order chi connectivity index (χ0) is 14.2. The summed E-state index contributed by atoms with van der Waals surface area (Å²) in [5.41, 5.74) is 9.63. The van der Waals surface area contributed by atoms with Crippen molar-refractivity contribution in [1.82, 2.24) is 0 Å². The van der Waals surface area contributed by atoms with Gasteiger partial charge in [-0.3, -0.25) is 0 Å². The van der Waals surface area contributed by atoms with Crippen molar-refractivity contribution in [2.75, 3.05) is 0 Å². The van der Waals surface area contributed by atoms with E-state index in [4.69, 9.17) is 17.3 Å². The van der Waals surface area contributed by atoms with E-state index in [-0.39, 0.29) is 10.8 Å². The van der Waals surface area contributed by atoms with E-state index in [1.165, 1.54) is 17.2 Å². The highest BCUT2D eigenvalue weighted by molar-refractivity contribution is 6.30. The highest BCUT2D eigenvalue weighted by atomic mass is 35.5. The predicted octanol–water partition coefficient (Wildman–Crippen LogP) is 4.21. The zero-order valence-electron chi connectivity index (χ0n) is 11.2. The minimum absolute atomic E-state index is 0.156. The second-order valence-corrected chi connectivity index (χ2v) is 6.00. The van der Waals surface area contributed by atoms with E-state index >= 15 is 0 Å². The lowest BCUT2D eigenvalue weighted by Crippen LogP contribution is -2.42. The first-order chi connectivity index (χ1) is 9.58. The lowest BCUT2D eigenvalue weighted by atomic mass is 9.74. The third-order valence-electron chi connectivity index (χ3n) is 4.13. The maximum absolute atomic E-state index is 13.6. The van der Waals surface area contributed by atoms with Gasteiger partial charge in [0.15, 0.2) is 0 Å². The van der Waals surface area contributed by atoms with E-state index in [1.54, 1.807) is 6.07 Å². The van der Waals surface area contributed by atoms with E-state index in [2.05, 4.69) is 12.1 Å². The molecule has 2 aromatic rings. The summed E-state index contributed by atoms with van der Waals surface area (Å²) in [5, 5.41) is 0.156. The van der Waals surface area contributed by atoms with Crippen molar-refractivity contribution in [2.45, 2.75) is 31.2 Å². The Morgan fingerprint density at radius 3 is 2.80 bits per heavy atom. The molecule has 1 aliphatic carbocycles. The summed E-state index contributed by atoms with van der Waals surface area (Å²) in [5.74, 6) is -0.378. The summed E-state index contributed by atoms with van der Waals surface area (Å²) in [4.78, 5) is 0. The van der Waals surface area contributed by atoms with Crippen molar-refractivity contribution in [3.63, 3.8) is 0 Å². The minimum Gasteiger partial charge on any atom is -0.321 e. The fourth-order valence-electron chi connectivity index (χ4n) is 3.15. The fraction of sp³-hybridized carbons (Fsp3) is 0.294. The lowest BCUT2D eigenvalue weighted by Gasteiger charge is -2.36. The van der Waals surface area contributed by atoms with E-state index < -0.39 is 5.54 Å². The highest BCUT2D eigenvalue weighted by Gasteiger charge is 2.32. The van der Waals surface area contributed by atoms with Crippen LogP contribution in [0.1, 0.15) is 29.5 Å². The van der Waals surface area contributed by atoms with Gasteiger partial charge in [-0.05, 0) is 54.5 Å². The molecule has 1 unspecified atom stereocenters. The molecule has 0 amide bonds. The number of rotatable bonds is 2. The van der Waals surface area contributed by atoms with Gasteiger partial charge in [0.25, 0.3) is 0 Å². The first kappa shape index (κ1) is 13.6. The van der Waals surface area contributed by atoms with Crippen molar-refractivity contribution in [3.05, 3.63) is 70.0 Å². The summed E-state index contributed by atoms with van der Waals surface area (Å²) in [6, 6.07) is 13.3. The first-order valence-corrected chi connectivity index (χ1v) is 7.27. The number of hydrogen-bond donors (Lipinski definition) is 1. The van der Waals surface area contributed by atoms with Crippen LogP contribution in [0.3, 0.4) is 0 Å². The van der Waals surface area contributed by atoms with Gasteiger partial charge in [-0.2, -0.15) is 0 Å². The molecular formula is C17H17ClFN. The number of aryl methyl sites for hydroxylation is 1. The molecule has 1 aliphatic rings. The molecule has 1 atom stereocenters. The van der Waals surface area contributed by atoms with Crippen molar-refractivity contribution in [1.29, 1.82) is 0 Å². The molecule has 104 valence electrons. The Morgan fingerprint density at radius 1 is 1.20 bits per heavy atom. The second kappa shape index (κ2) is 5.19. The molecule has 0 fully saturated rings. The number of benzene rings is 2. The van der Waals surface area contributed by atoms with Gasteiger partial charge in [-0.15, -0.1) is 0 Å². The number of fused-ring (bicyclic) bond motifs is 1. The van der Waals surface area contributed by atoms with E-state index in [0.717, 1.165) is 24.8 Å². The van der Waals surface area contributed by atoms with Gasteiger partial charge in [0.05, 0.1) is 5.02 Å². The van der Waals surface area contributed by atoms with Crippen molar-refractivity contribution in [2.24, 2.45) is 5.73 Å². The van der Waals surface area contributed by atoms with Crippen LogP contribution in [0.5, 0.6) is 0 Å². The first-order valence-electron chi connectivity index (χ1n) is 6.90. The van der Waals surface area contributed by atoms with Crippen molar-refractivity contribution in [3.8, 4) is 0 Å². The van der Waals surface area contributed by atoms with Crippen molar-refractivity contribution >= 4 is 11.6 Å². The molecule has 0 bridgehead atoms. The summed E-state index contributed by atoms with van der Waals surface area (Å²) >= 11 is 5.73. The van der Waals surface area contributed by atoms with Crippen LogP contribution in [0, 0.1) is 5.82 Å². The molecule has 2 aromatic carbocycles. The van der Waals surface area contributed by atoms with Crippen LogP contribution in [-0.4, -0.2) is 0 Å². The van der Waals surface area contributed by atoms with Gasteiger partial charge in [-0.1, -0.05) is 41.9 Å². The molecule has 1 nitrogen and oxygen atoms in total. The van der Waals surface area contributed by atoms with Crippen LogP contribution in [0.15, 0.2) is 42.5 Å². The molecule has 0 heterocycles. The maximum Gasteiger partial charge on any atom is 0.142 e. The third-order valence-corrected chi connectivity index (χ3v) is 4.43. The standard InChI is InChI=1S/C17H17ClFN/c18-15-8-7-12(10-16(15)19)11-17(20)9-3-5-13-4-1-2-6-14(13)17/h1-2,4,6-8,10H,3,5,9,11,20H2.